The molecule has 4 rings (SSSR count). The van der Waals surface area contributed by atoms with Crippen LogP contribution in [0, 0.1) is 18.8 Å². The van der Waals surface area contributed by atoms with Gasteiger partial charge in [-0.25, -0.2) is 0 Å². The summed E-state index contributed by atoms with van der Waals surface area (Å²) in [6.45, 7) is 11.1. The molecule has 3 atom stereocenters. The molecular weight excluding hydrogens is 310 g/mol. The van der Waals surface area contributed by atoms with Crippen LogP contribution >= 0.6 is 0 Å². The summed E-state index contributed by atoms with van der Waals surface area (Å²) in [7, 11) is 0. The normalized spacial score (nSPS) is 28.2. The van der Waals surface area contributed by atoms with Crippen molar-refractivity contribution in [1.29, 1.82) is 0 Å². The lowest BCUT2D eigenvalue weighted by Gasteiger charge is -2.30. The van der Waals surface area contributed by atoms with Gasteiger partial charge in [-0.15, -0.1) is 0 Å². The van der Waals surface area contributed by atoms with Crippen LogP contribution in [0.25, 0.3) is 10.8 Å². The van der Waals surface area contributed by atoms with Crippen LogP contribution in [0.4, 0.5) is 0 Å². The maximum Gasteiger partial charge on any atom is 0.229 e. The van der Waals surface area contributed by atoms with E-state index < -0.39 is 5.72 Å². The third-order valence-electron chi connectivity index (χ3n) is 6.10. The molecular formula is C22H27NO2. The minimum absolute atomic E-state index is 0.0132. The molecule has 2 aliphatic heterocycles. The Morgan fingerprint density at radius 3 is 2.48 bits per heavy atom. The first kappa shape index (κ1) is 16.6. The highest BCUT2D eigenvalue weighted by atomic mass is 16.5. The van der Waals surface area contributed by atoms with Crippen LogP contribution in [0.1, 0.15) is 44.7 Å². The summed E-state index contributed by atoms with van der Waals surface area (Å²) < 4.78 is 6.00. The molecule has 2 aromatic carbocycles. The molecule has 25 heavy (non-hydrogen) atoms. The zero-order chi connectivity index (χ0) is 17.9. The quantitative estimate of drug-likeness (QED) is 0.808. The number of rotatable bonds is 2. The molecule has 2 aromatic rings. The van der Waals surface area contributed by atoms with Gasteiger partial charge in [-0.05, 0) is 48.6 Å². The molecule has 0 radical (unpaired) electrons. The molecule has 0 spiro atoms. The van der Waals surface area contributed by atoms with Crippen molar-refractivity contribution in [2.24, 2.45) is 11.8 Å². The van der Waals surface area contributed by atoms with Crippen molar-refractivity contribution in [2.45, 2.75) is 52.3 Å². The monoisotopic (exact) mass is 337 g/mol. The highest BCUT2D eigenvalue weighted by molar-refractivity contribution is 5.91. The molecule has 132 valence electrons. The molecule has 2 aliphatic rings. The summed E-state index contributed by atoms with van der Waals surface area (Å²) in [5.41, 5.74) is 2.07. The molecule has 1 amide bonds. The Morgan fingerprint density at radius 2 is 1.80 bits per heavy atom. The van der Waals surface area contributed by atoms with Crippen LogP contribution in [-0.4, -0.2) is 29.2 Å². The van der Waals surface area contributed by atoms with Gasteiger partial charge in [0.05, 0.1) is 12.6 Å². The van der Waals surface area contributed by atoms with Crippen LogP contribution < -0.4 is 0 Å². The fraction of sp³-hybridized carbons (Fsp3) is 0.500. The molecule has 2 saturated heterocycles. The lowest BCUT2D eigenvalue weighted by atomic mass is 9.76. The maximum absolute atomic E-state index is 13.3. The number of hydrogen-bond donors (Lipinski definition) is 0. The number of benzene rings is 2. The summed E-state index contributed by atoms with van der Waals surface area (Å²) in [6.07, 6.45) is 0. The van der Waals surface area contributed by atoms with Crippen molar-refractivity contribution in [3.63, 3.8) is 0 Å². The van der Waals surface area contributed by atoms with E-state index in [4.69, 9.17) is 4.74 Å². The van der Waals surface area contributed by atoms with Gasteiger partial charge in [-0.3, -0.25) is 4.79 Å². The maximum atomic E-state index is 13.3. The zero-order valence-corrected chi connectivity index (χ0v) is 15.7. The van der Waals surface area contributed by atoms with Crippen LogP contribution in [0.5, 0.6) is 0 Å². The molecule has 0 aliphatic carbocycles. The first-order valence-electron chi connectivity index (χ1n) is 9.28. The van der Waals surface area contributed by atoms with Gasteiger partial charge in [0.25, 0.3) is 0 Å². The Hall–Kier alpha value is -1.87. The van der Waals surface area contributed by atoms with Crippen molar-refractivity contribution in [2.75, 3.05) is 6.61 Å². The van der Waals surface area contributed by atoms with Crippen LogP contribution in [0.3, 0.4) is 0 Å². The minimum atomic E-state index is -0.510. The molecule has 1 unspecified atom stereocenters. The Labute approximate surface area is 150 Å². The first-order chi connectivity index (χ1) is 11.8. The smallest absolute Gasteiger partial charge is 0.229 e. The topological polar surface area (TPSA) is 29.5 Å². The fourth-order valence-electron chi connectivity index (χ4n) is 4.94. The van der Waals surface area contributed by atoms with Gasteiger partial charge in [0, 0.05) is 11.8 Å². The van der Waals surface area contributed by atoms with Crippen molar-refractivity contribution in [3.05, 3.63) is 47.5 Å². The number of amides is 1. The number of aryl methyl sites for hydroxylation is 1. The molecule has 2 heterocycles. The van der Waals surface area contributed by atoms with Gasteiger partial charge >= 0.3 is 0 Å². The zero-order valence-electron chi connectivity index (χ0n) is 15.7. The number of ether oxygens (including phenoxy) is 1. The van der Waals surface area contributed by atoms with Gasteiger partial charge in [0.2, 0.25) is 5.91 Å². The standard InChI is InChI=1S/C22H27NO2/c1-13(2)19-20(18-12-25-22(4,5)23(18)21(19)24)17-11-10-14(3)15-8-6-7-9-16(15)17/h6-11,13,18-20H,12H2,1-5H3/t18?,19-,20-/m1/s1. The first-order valence-corrected chi connectivity index (χ1v) is 9.28. The van der Waals surface area contributed by atoms with Crippen molar-refractivity contribution in [1.82, 2.24) is 4.90 Å². The Bertz CT molecular complexity index is 839. The highest BCUT2D eigenvalue weighted by Crippen LogP contribution is 2.50. The number of hydrogen-bond acceptors (Lipinski definition) is 2. The van der Waals surface area contributed by atoms with E-state index in [-0.39, 0.29) is 23.8 Å². The van der Waals surface area contributed by atoms with E-state index in [2.05, 4.69) is 57.2 Å². The molecule has 0 bridgehead atoms. The molecule has 3 nitrogen and oxygen atoms in total. The van der Waals surface area contributed by atoms with Gasteiger partial charge in [0.15, 0.2) is 0 Å². The Balaban J connectivity index is 1.92. The largest absolute Gasteiger partial charge is 0.354 e. The fourth-order valence-corrected chi connectivity index (χ4v) is 4.94. The van der Waals surface area contributed by atoms with Gasteiger partial charge in [-0.1, -0.05) is 50.2 Å². The van der Waals surface area contributed by atoms with E-state index in [9.17, 15) is 4.79 Å². The predicted octanol–water partition coefficient (Wildman–Crippen LogP) is 4.48. The second-order valence-corrected chi connectivity index (χ2v) is 8.35. The van der Waals surface area contributed by atoms with Gasteiger partial charge < -0.3 is 9.64 Å². The van der Waals surface area contributed by atoms with Crippen molar-refractivity contribution < 1.29 is 9.53 Å². The summed E-state index contributed by atoms with van der Waals surface area (Å²) in [5, 5.41) is 2.56. The van der Waals surface area contributed by atoms with E-state index >= 15 is 0 Å². The van der Waals surface area contributed by atoms with Crippen LogP contribution in [0.15, 0.2) is 36.4 Å². The molecule has 0 saturated carbocycles. The van der Waals surface area contributed by atoms with Crippen LogP contribution in [-0.2, 0) is 9.53 Å². The van der Waals surface area contributed by atoms with E-state index in [1.54, 1.807) is 0 Å². The lowest BCUT2D eigenvalue weighted by Crippen LogP contribution is -2.44. The van der Waals surface area contributed by atoms with E-state index in [1.165, 1.54) is 21.9 Å². The summed E-state index contributed by atoms with van der Waals surface area (Å²) >= 11 is 0. The number of carbonyl (C=O) groups excluding carboxylic acids is 1. The SMILES string of the molecule is Cc1ccc([C@@H]2C3COC(C)(C)N3C(=O)[C@@H]2C(C)C)c2ccccc12. The Morgan fingerprint density at radius 1 is 1.12 bits per heavy atom. The lowest BCUT2D eigenvalue weighted by molar-refractivity contribution is -0.146. The number of fused-ring (bicyclic) bond motifs is 2. The molecule has 2 fully saturated rings. The van der Waals surface area contributed by atoms with Gasteiger partial charge in [-0.2, -0.15) is 0 Å². The minimum Gasteiger partial charge on any atom is -0.354 e. The third kappa shape index (κ3) is 2.32. The Kier molecular flexibility index (Phi) is 3.69. The molecule has 0 N–H and O–H groups in total. The molecule has 3 heteroatoms. The second kappa shape index (κ2) is 5.57. The third-order valence-corrected chi connectivity index (χ3v) is 6.10. The van der Waals surface area contributed by atoms with Crippen molar-refractivity contribution in [3.8, 4) is 0 Å². The summed E-state index contributed by atoms with van der Waals surface area (Å²) in [5.74, 6) is 0.746. The second-order valence-electron chi connectivity index (χ2n) is 8.35. The van der Waals surface area contributed by atoms with Crippen molar-refractivity contribution >= 4 is 16.7 Å². The van der Waals surface area contributed by atoms with Crippen LogP contribution in [0.2, 0.25) is 0 Å². The summed E-state index contributed by atoms with van der Waals surface area (Å²) in [6, 6.07) is 13.1. The predicted molar refractivity (Wildman–Crippen MR) is 100 cm³/mol. The van der Waals surface area contributed by atoms with E-state index in [0.717, 1.165) is 0 Å². The van der Waals surface area contributed by atoms with Gasteiger partial charge in [0.1, 0.15) is 5.72 Å². The average molecular weight is 337 g/mol. The van der Waals surface area contributed by atoms with E-state index in [1.807, 2.05) is 18.7 Å². The highest BCUT2D eigenvalue weighted by Gasteiger charge is 2.58. The summed E-state index contributed by atoms with van der Waals surface area (Å²) in [4.78, 5) is 15.3. The molecule has 0 aromatic heterocycles. The number of carbonyl (C=O) groups is 1. The van der Waals surface area contributed by atoms with E-state index in [0.29, 0.717) is 12.5 Å². The average Bonchev–Trinajstić information content (AvgIpc) is 3.04. The number of nitrogens with zero attached hydrogens (tertiary/aromatic N) is 1.